The quantitative estimate of drug-likeness (QED) is 0.891. The summed E-state index contributed by atoms with van der Waals surface area (Å²) in [6.45, 7) is 4.46. The van der Waals surface area contributed by atoms with E-state index in [-0.39, 0.29) is 17.9 Å². The first-order chi connectivity index (χ1) is 11.2. The highest BCUT2D eigenvalue weighted by molar-refractivity contribution is 7.12. The molecule has 0 saturated carbocycles. The van der Waals surface area contributed by atoms with Gasteiger partial charge < -0.3 is 15.1 Å². The summed E-state index contributed by atoms with van der Waals surface area (Å²) in [6, 6.07) is 3.49. The van der Waals surface area contributed by atoms with Crippen LogP contribution in [0.3, 0.4) is 0 Å². The van der Waals surface area contributed by atoms with Crippen LogP contribution in [0.4, 0.5) is 0 Å². The average molecular weight is 333 g/mol. The Bertz CT molecular complexity index is 577. The lowest BCUT2D eigenvalue weighted by Crippen LogP contribution is -2.52. The third-order valence-electron chi connectivity index (χ3n) is 5.48. The zero-order valence-electron chi connectivity index (χ0n) is 13.2. The minimum absolute atomic E-state index is 0.0270. The van der Waals surface area contributed by atoms with Gasteiger partial charge in [-0.15, -0.1) is 11.3 Å². The van der Waals surface area contributed by atoms with Crippen molar-refractivity contribution in [3.05, 3.63) is 22.4 Å². The summed E-state index contributed by atoms with van der Waals surface area (Å²) < 4.78 is 0. The lowest BCUT2D eigenvalue weighted by Gasteiger charge is -2.36. The van der Waals surface area contributed by atoms with Gasteiger partial charge in [-0.1, -0.05) is 6.07 Å². The summed E-state index contributed by atoms with van der Waals surface area (Å²) >= 11 is 1.46. The molecule has 4 heterocycles. The number of nitrogens with one attached hydrogen (secondary N) is 1. The number of thiophene rings is 1. The normalized spacial score (nSPS) is 30.5. The number of amides is 2. The fourth-order valence-electron chi connectivity index (χ4n) is 4.22. The van der Waals surface area contributed by atoms with Crippen LogP contribution in [-0.4, -0.2) is 60.4 Å². The van der Waals surface area contributed by atoms with Crippen molar-refractivity contribution in [3.8, 4) is 0 Å². The second-order valence-corrected chi connectivity index (χ2v) is 7.86. The Morgan fingerprint density at radius 2 is 1.96 bits per heavy atom. The summed E-state index contributed by atoms with van der Waals surface area (Å²) in [6.07, 6.45) is 2.84. The number of likely N-dealkylation sites (tertiary alicyclic amines) is 2. The molecule has 124 valence electrons. The van der Waals surface area contributed by atoms with Gasteiger partial charge in [0.1, 0.15) is 6.04 Å². The molecule has 5 nitrogen and oxygen atoms in total. The zero-order chi connectivity index (χ0) is 15.8. The van der Waals surface area contributed by atoms with Gasteiger partial charge in [-0.05, 0) is 42.5 Å². The van der Waals surface area contributed by atoms with E-state index in [4.69, 9.17) is 0 Å². The van der Waals surface area contributed by atoms with Crippen molar-refractivity contribution in [1.29, 1.82) is 0 Å². The highest BCUT2D eigenvalue weighted by Crippen LogP contribution is 2.29. The van der Waals surface area contributed by atoms with Gasteiger partial charge in [0.2, 0.25) is 5.91 Å². The summed E-state index contributed by atoms with van der Waals surface area (Å²) in [7, 11) is 0. The molecule has 3 atom stereocenters. The lowest BCUT2D eigenvalue weighted by atomic mass is 10.0. The molecule has 23 heavy (non-hydrogen) atoms. The molecule has 1 unspecified atom stereocenters. The van der Waals surface area contributed by atoms with Gasteiger partial charge in [0, 0.05) is 32.7 Å². The molecule has 3 aliphatic heterocycles. The second-order valence-electron chi connectivity index (χ2n) is 6.91. The Hall–Kier alpha value is -1.40. The van der Waals surface area contributed by atoms with Crippen molar-refractivity contribution in [3.63, 3.8) is 0 Å². The van der Waals surface area contributed by atoms with E-state index in [2.05, 4.69) is 5.32 Å². The summed E-state index contributed by atoms with van der Waals surface area (Å²) in [5, 5.41) is 5.33. The second kappa shape index (κ2) is 6.24. The van der Waals surface area contributed by atoms with E-state index in [1.807, 2.05) is 27.3 Å². The first kappa shape index (κ1) is 15.1. The van der Waals surface area contributed by atoms with Gasteiger partial charge in [-0.2, -0.15) is 0 Å². The number of piperidine rings is 1. The third kappa shape index (κ3) is 2.78. The fraction of sp³-hybridized carbons (Fsp3) is 0.647. The molecule has 6 heteroatoms. The Morgan fingerprint density at radius 3 is 2.65 bits per heavy atom. The maximum absolute atomic E-state index is 13.0. The molecule has 1 N–H and O–H groups in total. The van der Waals surface area contributed by atoms with Crippen molar-refractivity contribution in [2.24, 2.45) is 11.8 Å². The Morgan fingerprint density at radius 1 is 1.17 bits per heavy atom. The number of nitrogens with zero attached hydrogens (tertiary/aromatic N) is 2. The predicted octanol–water partition coefficient (Wildman–Crippen LogP) is 1.42. The first-order valence-electron chi connectivity index (χ1n) is 8.58. The van der Waals surface area contributed by atoms with E-state index in [0.29, 0.717) is 18.4 Å². The Kier molecular flexibility index (Phi) is 4.11. The van der Waals surface area contributed by atoms with Gasteiger partial charge in [0.25, 0.3) is 5.91 Å². The number of carbonyl (C=O) groups excluding carboxylic acids is 2. The van der Waals surface area contributed by atoms with Crippen LogP contribution in [0, 0.1) is 11.8 Å². The van der Waals surface area contributed by atoms with Gasteiger partial charge in [-0.25, -0.2) is 0 Å². The smallest absolute Gasteiger partial charge is 0.264 e. The number of hydrogen-bond acceptors (Lipinski definition) is 4. The van der Waals surface area contributed by atoms with Crippen LogP contribution in [0.25, 0.3) is 0 Å². The standard InChI is InChI=1S/C17H23N3O2S/c21-16(19-10-12-8-18-9-13(12)11-19)14-4-1-2-6-20(14)17(22)15-5-3-7-23-15/h3,5,7,12-14,18H,1-2,4,6,8-11H2/t12-,13+,14?. The van der Waals surface area contributed by atoms with Crippen LogP contribution in [-0.2, 0) is 4.79 Å². The number of rotatable bonds is 2. The number of carbonyl (C=O) groups is 2. The molecule has 3 saturated heterocycles. The number of hydrogen-bond donors (Lipinski definition) is 1. The summed E-state index contributed by atoms with van der Waals surface area (Å²) in [5.74, 6) is 1.40. The predicted molar refractivity (Wildman–Crippen MR) is 89.4 cm³/mol. The van der Waals surface area contributed by atoms with Crippen LogP contribution in [0.5, 0.6) is 0 Å². The van der Waals surface area contributed by atoms with Gasteiger partial charge in [0.15, 0.2) is 0 Å². The van der Waals surface area contributed by atoms with Gasteiger partial charge >= 0.3 is 0 Å². The van der Waals surface area contributed by atoms with E-state index in [0.717, 1.165) is 50.3 Å². The average Bonchev–Trinajstić information content (AvgIpc) is 3.29. The highest BCUT2D eigenvalue weighted by Gasteiger charge is 2.42. The zero-order valence-corrected chi connectivity index (χ0v) is 14.1. The fourth-order valence-corrected chi connectivity index (χ4v) is 4.90. The Balaban J connectivity index is 1.49. The largest absolute Gasteiger partial charge is 0.340 e. The SMILES string of the molecule is O=C(C1CCCCN1C(=O)c1cccs1)N1C[C@H]2CNC[C@H]2C1. The molecule has 0 radical (unpaired) electrons. The summed E-state index contributed by atoms with van der Waals surface area (Å²) in [4.78, 5) is 30.4. The van der Waals surface area contributed by atoms with Crippen LogP contribution in [0.2, 0.25) is 0 Å². The molecule has 3 aliphatic rings. The molecule has 0 aromatic carbocycles. The lowest BCUT2D eigenvalue weighted by molar-refractivity contribution is -0.136. The van der Waals surface area contributed by atoms with Crippen LogP contribution in [0.1, 0.15) is 28.9 Å². The molecular formula is C17H23N3O2S. The van der Waals surface area contributed by atoms with Gasteiger partial charge in [0.05, 0.1) is 4.88 Å². The monoisotopic (exact) mass is 333 g/mol. The first-order valence-corrected chi connectivity index (χ1v) is 9.46. The van der Waals surface area contributed by atoms with E-state index in [1.165, 1.54) is 11.3 Å². The molecule has 0 aliphatic carbocycles. The van der Waals surface area contributed by atoms with Crippen molar-refractivity contribution in [2.75, 3.05) is 32.7 Å². The van der Waals surface area contributed by atoms with Crippen LogP contribution in [0.15, 0.2) is 17.5 Å². The van der Waals surface area contributed by atoms with Crippen molar-refractivity contribution >= 4 is 23.2 Å². The third-order valence-corrected chi connectivity index (χ3v) is 6.34. The van der Waals surface area contributed by atoms with Crippen molar-refractivity contribution in [1.82, 2.24) is 15.1 Å². The molecular weight excluding hydrogens is 310 g/mol. The Labute approximate surface area is 140 Å². The maximum atomic E-state index is 13.0. The van der Waals surface area contributed by atoms with Crippen LogP contribution >= 0.6 is 11.3 Å². The highest BCUT2D eigenvalue weighted by atomic mass is 32.1. The molecule has 1 aromatic heterocycles. The van der Waals surface area contributed by atoms with Crippen LogP contribution < -0.4 is 5.32 Å². The van der Waals surface area contributed by atoms with Crippen molar-refractivity contribution in [2.45, 2.75) is 25.3 Å². The minimum Gasteiger partial charge on any atom is -0.340 e. The van der Waals surface area contributed by atoms with Gasteiger partial charge in [-0.3, -0.25) is 9.59 Å². The molecule has 0 bridgehead atoms. The van der Waals surface area contributed by atoms with E-state index >= 15 is 0 Å². The molecule has 2 amide bonds. The molecule has 3 fully saturated rings. The number of fused-ring (bicyclic) bond motifs is 1. The van der Waals surface area contributed by atoms with E-state index in [9.17, 15) is 9.59 Å². The molecule has 0 spiro atoms. The topological polar surface area (TPSA) is 52.7 Å². The molecule has 1 aromatic rings. The molecule has 4 rings (SSSR count). The van der Waals surface area contributed by atoms with E-state index in [1.54, 1.807) is 0 Å². The van der Waals surface area contributed by atoms with Crippen molar-refractivity contribution < 1.29 is 9.59 Å². The van der Waals surface area contributed by atoms with E-state index < -0.39 is 0 Å². The maximum Gasteiger partial charge on any atom is 0.264 e. The summed E-state index contributed by atoms with van der Waals surface area (Å²) in [5.41, 5.74) is 0. The minimum atomic E-state index is -0.259.